The van der Waals surface area contributed by atoms with E-state index in [1.165, 1.54) is 5.56 Å². The summed E-state index contributed by atoms with van der Waals surface area (Å²) < 4.78 is 7.42. The predicted molar refractivity (Wildman–Crippen MR) is 135 cm³/mol. The number of hydrogen-bond donors (Lipinski definition) is 1. The second-order valence-electron chi connectivity index (χ2n) is 8.44. The zero-order valence-corrected chi connectivity index (χ0v) is 19.2. The molecule has 0 amide bonds. The lowest BCUT2D eigenvalue weighted by molar-refractivity contribution is 0.0476. The number of nitrogens with two attached hydrogens (primary N) is 1. The van der Waals surface area contributed by atoms with Crippen molar-refractivity contribution in [2.24, 2.45) is 0 Å². The van der Waals surface area contributed by atoms with Crippen molar-refractivity contribution in [1.82, 2.24) is 14.5 Å². The first kappa shape index (κ1) is 21.6. The van der Waals surface area contributed by atoms with Crippen LogP contribution >= 0.6 is 0 Å². The van der Waals surface area contributed by atoms with Gasteiger partial charge in [-0.1, -0.05) is 68.4 Å². The second kappa shape index (κ2) is 8.98. The first-order valence-electron chi connectivity index (χ1n) is 11.4. The van der Waals surface area contributed by atoms with E-state index in [4.69, 9.17) is 20.4 Å². The van der Waals surface area contributed by atoms with Gasteiger partial charge in [0, 0.05) is 5.69 Å². The Morgan fingerprint density at radius 1 is 0.941 bits per heavy atom. The van der Waals surface area contributed by atoms with Gasteiger partial charge in [-0.15, -0.1) is 0 Å². The number of rotatable bonds is 6. The molecule has 6 nitrogen and oxygen atoms in total. The number of para-hydroxylation sites is 2. The molecule has 2 N–H and O–H groups in total. The number of fused-ring (bicyclic) bond motifs is 2. The Morgan fingerprint density at radius 2 is 1.59 bits per heavy atom. The van der Waals surface area contributed by atoms with Gasteiger partial charge in [-0.25, -0.2) is 14.8 Å². The molecule has 5 aromatic rings. The van der Waals surface area contributed by atoms with Gasteiger partial charge >= 0.3 is 5.97 Å². The molecule has 0 aliphatic rings. The van der Waals surface area contributed by atoms with Crippen LogP contribution in [0.25, 0.3) is 27.9 Å². The Bertz CT molecular complexity index is 1470. The highest BCUT2D eigenvalue weighted by atomic mass is 16.5. The Morgan fingerprint density at radius 3 is 2.26 bits per heavy atom. The largest absolute Gasteiger partial charge is 0.457 e. The van der Waals surface area contributed by atoms with Crippen LogP contribution in [0.4, 0.5) is 5.82 Å². The van der Waals surface area contributed by atoms with Crippen molar-refractivity contribution in [2.75, 3.05) is 5.73 Å². The Balaban J connectivity index is 1.64. The summed E-state index contributed by atoms with van der Waals surface area (Å²) in [6.07, 6.45) is 1.06. The maximum atomic E-state index is 13.2. The quantitative estimate of drug-likeness (QED) is 0.320. The van der Waals surface area contributed by atoms with Crippen molar-refractivity contribution in [3.63, 3.8) is 0 Å². The Kier molecular flexibility index (Phi) is 5.72. The highest BCUT2D eigenvalue weighted by Gasteiger charge is 2.26. The van der Waals surface area contributed by atoms with Crippen LogP contribution in [-0.4, -0.2) is 20.5 Å². The van der Waals surface area contributed by atoms with E-state index in [0.29, 0.717) is 22.6 Å². The van der Waals surface area contributed by atoms with Crippen LogP contribution < -0.4 is 5.73 Å². The molecule has 0 aliphatic carbocycles. The molecule has 0 bridgehead atoms. The van der Waals surface area contributed by atoms with Gasteiger partial charge in [0.2, 0.25) is 0 Å². The van der Waals surface area contributed by atoms with Crippen molar-refractivity contribution in [2.45, 2.75) is 32.8 Å². The minimum Gasteiger partial charge on any atom is -0.457 e. The van der Waals surface area contributed by atoms with Crippen molar-refractivity contribution < 1.29 is 9.53 Å². The molecule has 0 saturated heterocycles. The summed E-state index contributed by atoms with van der Waals surface area (Å²) in [6.45, 7) is 4.52. The SMILES string of the molecule is CCC(C)c1ccc(-n2c(N)c(C(=O)OCc3ccccc3)c3nc4ccccc4nc32)cc1. The van der Waals surface area contributed by atoms with Crippen molar-refractivity contribution in [1.29, 1.82) is 0 Å². The molecule has 34 heavy (non-hydrogen) atoms. The lowest BCUT2D eigenvalue weighted by Gasteiger charge is -2.12. The van der Waals surface area contributed by atoms with E-state index in [1.54, 1.807) is 4.57 Å². The number of benzene rings is 3. The molecule has 0 spiro atoms. The van der Waals surface area contributed by atoms with Crippen LogP contribution in [0.5, 0.6) is 0 Å². The molecule has 0 saturated carbocycles. The van der Waals surface area contributed by atoms with Gasteiger partial charge in [0.15, 0.2) is 5.65 Å². The number of nitrogen functional groups attached to an aromatic ring is 1. The predicted octanol–water partition coefficient (Wildman–Crippen LogP) is 6.03. The molecule has 1 unspecified atom stereocenters. The molecule has 0 aliphatic heterocycles. The Hall–Kier alpha value is -4.19. The minimum atomic E-state index is -0.522. The Labute approximate surface area is 198 Å². The number of carbonyl (C=O) groups is 1. The highest BCUT2D eigenvalue weighted by molar-refractivity contribution is 6.09. The molecule has 170 valence electrons. The van der Waals surface area contributed by atoms with Gasteiger partial charge in [0.05, 0.1) is 11.0 Å². The summed E-state index contributed by atoms with van der Waals surface area (Å²) in [5.74, 6) is 0.200. The van der Waals surface area contributed by atoms with Crippen LogP contribution in [0.2, 0.25) is 0 Å². The second-order valence-corrected chi connectivity index (χ2v) is 8.44. The lowest BCUT2D eigenvalue weighted by Crippen LogP contribution is -2.09. The summed E-state index contributed by atoms with van der Waals surface area (Å²) >= 11 is 0. The number of aromatic nitrogens is 3. The third-order valence-corrected chi connectivity index (χ3v) is 6.25. The van der Waals surface area contributed by atoms with E-state index in [0.717, 1.165) is 23.2 Å². The summed E-state index contributed by atoms with van der Waals surface area (Å²) in [5.41, 5.74) is 12.2. The number of ether oxygens (including phenoxy) is 1. The van der Waals surface area contributed by atoms with Gasteiger partial charge in [0.25, 0.3) is 0 Å². The van der Waals surface area contributed by atoms with E-state index in [9.17, 15) is 4.79 Å². The van der Waals surface area contributed by atoms with Crippen LogP contribution in [0, 0.1) is 0 Å². The van der Waals surface area contributed by atoms with E-state index in [1.807, 2.05) is 66.7 Å². The molecule has 1 atom stereocenters. The third kappa shape index (κ3) is 3.88. The van der Waals surface area contributed by atoms with E-state index in [-0.39, 0.29) is 18.0 Å². The monoisotopic (exact) mass is 450 g/mol. The average Bonchev–Trinajstić information content (AvgIpc) is 3.16. The normalized spacial score (nSPS) is 12.2. The number of anilines is 1. The summed E-state index contributed by atoms with van der Waals surface area (Å²) in [6, 6.07) is 25.3. The van der Waals surface area contributed by atoms with Crippen molar-refractivity contribution >= 4 is 34.0 Å². The molecule has 2 aromatic heterocycles. The third-order valence-electron chi connectivity index (χ3n) is 6.25. The molecule has 0 fully saturated rings. The molecule has 5 rings (SSSR count). The smallest absolute Gasteiger partial charge is 0.344 e. The van der Waals surface area contributed by atoms with Crippen LogP contribution in [-0.2, 0) is 11.3 Å². The van der Waals surface area contributed by atoms with E-state index < -0.39 is 5.97 Å². The van der Waals surface area contributed by atoms with Crippen molar-refractivity contribution in [3.8, 4) is 5.69 Å². The summed E-state index contributed by atoms with van der Waals surface area (Å²) in [4.78, 5) is 22.8. The highest BCUT2D eigenvalue weighted by Crippen LogP contribution is 2.32. The van der Waals surface area contributed by atoms with Crippen LogP contribution in [0.3, 0.4) is 0 Å². The molecule has 6 heteroatoms. The standard InChI is InChI=1S/C28H26N4O2/c1-3-18(2)20-13-15-21(16-14-20)32-26(29)24(28(33)34-17-19-9-5-4-6-10-19)25-27(32)31-23-12-8-7-11-22(23)30-25/h4-16,18H,3,17,29H2,1-2H3. The van der Waals surface area contributed by atoms with Gasteiger partial charge in [-0.05, 0) is 47.7 Å². The van der Waals surface area contributed by atoms with Crippen molar-refractivity contribution in [3.05, 3.63) is 95.6 Å². The zero-order valence-electron chi connectivity index (χ0n) is 19.2. The topological polar surface area (TPSA) is 83.0 Å². The fraction of sp³-hybridized carbons (Fsp3) is 0.179. The zero-order chi connectivity index (χ0) is 23.7. The van der Waals surface area contributed by atoms with Gasteiger partial charge in [-0.2, -0.15) is 0 Å². The van der Waals surface area contributed by atoms with Gasteiger partial charge in [-0.3, -0.25) is 4.57 Å². The maximum absolute atomic E-state index is 13.2. The first-order valence-corrected chi connectivity index (χ1v) is 11.4. The fourth-order valence-corrected chi connectivity index (χ4v) is 4.11. The number of hydrogen-bond acceptors (Lipinski definition) is 5. The fourth-order valence-electron chi connectivity index (χ4n) is 4.11. The van der Waals surface area contributed by atoms with E-state index in [2.05, 4.69) is 26.0 Å². The van der Waals surface area contributed by atoms with E-state index >= 15 is 0 Å². The number of carbonyl (C=O) groups excluding carboxylic acids is 1. The summed E-state index contributed by atoms with van der Waals surface area (Å²) in [5, 5.41) is 0. The number of nitrogens with zero attached hydrogens (tertiary/aromatic N) is 3. The number of esters is 1. The molecule has 3 aromatic carbocycles. The molecular formula is C28H26N4O2. The first-order chi connectivity index (χ1) is 16.6. The van der Waals surface area contributed by atoms with Crippen LogP contribution in [0.15, 0.2) is 78.9 Å². The minimum absolute atomic E-state index is 0.149. The maximum Gasteiger partial charge on any atom is 0.344 e. The molecular weight excluding hydrogens is 424 g/mol. The summed E-state index contributed by atoms with van der Waals surface area (Å²) in [7, 11) is 0. The molecule has 2 heterocycles. The molecule has 0 radical (unpaired) electrons. The average molecular weight is 451 g/mol. The lowest BCUT2D eigenvalue weighted by atomic mass is 9.99. The van der Waals surface area contributed by atoms with Gasteiger partial charge < -0.3 is 10.5 Å². The van der Waals surface area contributed by atoms with Gasteiger partial charge in [0.1, 0.15) is 23.5 Å². The van der Waals surface area contributed by atoms with Crippen LogP contribution in [0.1, 0.15) is 47.7 Å².